The molecular formula is C11H7F4NO2S2. The Labute approximate surface area is 115 Å². The Morgan fingerprint density at radius 2 is 1.85 bits per heavy atom. The van der Waals surface area contributed by atoms with Crippen molar-refractivity contribution < 1.29 is 26.0 Å². The SMILES string of the molecule is O=S(=O)(Nc1cc(F)cc(C(F)(F)F)c1)c1cccs1. The van der Waals surface area contributed by atoms with Crippen molar-refractivity contribution in [1.82, 2.24) is 0 Å². The third-order valence-corrected chi connectivity index (χ3v) is 5.02. The molecule has 0 atom stereocenters. The maximum Gasteiger partial charge on any atom is 0.416 e. The van der Waals surface area contributed by atoms with Gasteiger partial charge in [0.15, 0.2) is 0 Å². The summed E-state index contributed by atoms with van der Waals surface area (Å²) < 4.78 is 76.2. The fraction of sp³-hybridized carbons (Fsp3) is 0.0909. The molecular weight excluding hydrogens is 318 g/mol. The maximum atomic E-state index is 13.1. The van der Waals surface area contributed by atoms with Crippen molar-refractivity contribution in [2.24, 2.45) is 0 Å². The second kappa shape index (κ2) is 5.06. The number of benzene rings is 1. The molecule has 0 aliphatic heterocycles. The van der Waals surface area contributed by atoms with Crippen molar-refractivity contribution in [3.05, 3.63) is 47.1 Å². The van der Waals surface area contributed by atoms with E-state index in [0.717, 1.165) is 11.3 Å². The fourth-order valence-electron chi connectivity index (χ4n) is 1.43. The average molecular weight is 325 g/mol. The van der Waals surface area contributed by atoms with Crippen LogP contribution in [0.3, 0.4) is 0 Å². The predicted octanol–water partition coefficient (Wildman–Crippen LogP) is 3.71. The number of alkyl halides is 3. The Bertz CT molecular complexity index is 709. The van der Waals surface area contributed by atoms with E-state index in [1.807, 2.05) is 4.72 Å². The van der Waals surface area contributed by atoms with Crippen LogP contribution in [-0.2, 0) is 16.2 Å². The number of thiophene rings is 1. The third-order valence-electron chi connectivity index (χ3n) is 2.24. The Kier molecular flexibility index (Phi) is 3.74. The van der Waals surface area contributed by atoms with Crippen LogP contribution in [0.25, 0.3) is 0 Å². The monoisotopic (exact) mass is 325 g/mol. The average Bonchev–Trinajstić information content (AvgIpc) is 2.79. The van der Waals surface area contributed by atoms with Crippen molar-refractivity contribution >= 4 is 27.0 Å². The minimum absolute atomic E-state index is 0.0738. The van der Waals surface area contributed by atoms with Gasteiger partial charge in [-0.2, -0.15) is 13.2 Å². The molecule has 0 aliphatic rings. The van der Waals surface area contributed by atoms with Gasteiger partial charge < -0.3 is 0 Å². The molecule has 108 valence electrons. The van der Waals surface area contributed by atoms with E-state index in [-0.39, 0.29) is 4.21 Å². The van der Waals surface area contributed by atoms with Crippen molar-refractivity contribution in [2.75, 3.05) is 4.72 Å². The summed E-state index contributed by atoms with van der Waals surface area (Å²) in [6.07, 6.45) is -4.76. The Morgan fingerprint density at radius 3 is 2.40 bits per heavy atom. The van der Waals surface area contributed by atoms with Gasteiger partial charge in [-0.1, -0.05) is 6.07 Å². The van der Waals surface area contributed by atoms with Crippen LogP contribution in [0.1, 0.15) is 5.56 Å². The molecule has 20 heavy (non-hydrogen) atoms. The lowest BCUT2D eigenvalue weighted by molar-refractivity contribution is -0.137. The molecule has 0 radical (unpaired) electrons. The van der Waals surface area contributed by atoms with E-state index in [4.69, 9.17) is 0 Å². The number of sulfonamides is 1. The van der Waals surface area contributed by atoms with Crippen LogP contribution in [0, 0.1) is 5.82 Å². The largest absolute Gasteiger partial charge is 0.416 e. The molecule has 2 rings (SSSR count). The molecule has 1 heterocycles. The summed E-state index contributed by atoms with van der Waals surface area (Å²) in [5.41, 5.74) is -1.74. The standard InChI is InChI=1S/C11H7F4NO2S2/c12-8-4-7(11(13,14)15)5-9(6-8)16-20(17,18)10-2-1-3-19-10/h1-6,16H. The van der Waals surface area contributed by atoms with Gasteiger partial charge in [0.2, 0.25) is 0 Å². The topological polar surface area (TPSA) is 46.2 Å². The first-order chi connectivity index (χ1) is 9.18. The molecule has 2 aromatic rings. The van der Waals surface area contributed by atoms with Crippen molar-refractivity contribution in [1.29, 1.82) is 0 Å². The predicted molar refractivity (Wildman–Crippen MR) is 66.5 cm³/mol. The highest BCUT2D eigenvalue weighted by atomic mass is 32.2. The molecule has 0 spiro atoms. The summed E-state index contributed by atoms with van der Waals surface area (Å²) in [4.78, 5) is 0. The second-order valence-corrected chi connectivity index (χ2v) is 6.62. The lowest BCUT2D eigenvalue weighted by Gasteiger charge is -2.11. The van der Waals surface area contributed by atoms with Gasteiger partial charge in [0.05, 0.1) is 11.3 Å². The molecule has 0 aliphatic carbocycles. The molecule has 1 aromatic carbocycles. The molecule has 1 N–H and O–H groups in total. The summed E-state index contributed by atoms with van der Waals surface area (Å²) in [5, 5.41) is 1.50. The van der Waals surface area contributed by atoms with Gasteiger partial charge in [-0.3, -0.25) is 4.72 Å². The molecule has 0 amide bonds. The van der Waals surface area contributed by atoms with E-state index < -0.39 is 33.3 Å². The number of rotatable bonds is 3. The quantitative estimate of drug-likeness (QED) is 0.875. The normalized spacial score (nSPS) is 12.4. The van der Waals surface area contributed by atoms with Gasteiger partial charge in [0.25, 0.3) is 10.0 Å². The van der Waals surface area contributed by atoms with Crippen LogP contribution in [0.15, 0.2) is 39.9 Å². The lowest BCUT2D eigenvalue weighted by atomic mass is 10.2. The summed E-state index contributed by atoms with van der Waals surface area (Å²) in [6.45, 7) is 0. The van der Waals surface area contributed by atoms with E-state index in [0.29, 0.717) is 18.2 Å². The smallest absolute Gasteiger partial charge is 0.279 e. The first-order valence-corrected chi connectivity index (χ1v) is 7.49. The number of hydrogen-bond donors (Lipinski definition) is 1. The van der Waals surface area contributed by atoms with Crippen molar-refractivity contribution in [3.8, 4) is 0 Å². The van der Waals surface area contributed by atoms with Gasteiger partial charge in [-0.25, -0.2) is 12.8 Å². The zero-order valence-corrected chi connectivity index (χ0v) is 11.2. The molecule has 9 heteroatoms. The second-order valence-electron chi connectivity index (χ2n) is 3.76. The fourth-order valence-corrected chi connectivity index (χ4v) is 3.47. The summed E-state index contributed by atoms with van der Waals surface area (Å²) in [5.74, 6) is -1.18. The summed E-state index contributed by atoms with van der Waals surface area (Å²) >= 11 is 0.897. The maximum absolute atomic E-state index is 13.1. The van der Waals surface area contributed by atoms with Crippen LogP contribution >= 0.6 is 11.3 Å². The summed E-state index contributed by atoms with van der Waals surface area (Å²) in [6, 6.07) is 4.28. The first-order valence-electron chi connectivity index (χ1n) is 5.12. The Hall–Kier alpha value is -1.61. The minimum Gasteiger partial charge on any atom is -0.279 e. The number of hydrogen-bond acceptors (Lipinski definition) is 3. The van der Waals surface area contributed by atoms with E-state index in [1.54, 1.807) is 0 Å². The highest BCUT2D eigenvalue weighted by Crippen LogP contribution is 2.32. The molecule has 0 unspecified atom stereocenters. The Balaban J connectivity index is 2.38. The van der Waals surface area contributed by atoms with E-state index in [9.17, 15) is 26.0 Å². The van der Waals surface area contributed by atoms with Crippen LogP contribution in [0.4, 0.5) is 23.2 Å². The van der Waals surface area contributed by atoms with E-state index in [2.05, 4.69) is 0 Å². The van der Waals surface area contributed by atoms with Crippen molar-refractivity contribution in [2.45, 2.75) is 10.4 Å². The Morgan fingerprint density at radius 1 is 1.15 bits per heavy atom. The van der Waals surface area contributed by atoms with Gasteiger partial charge >= 0.3 is 6.18 Å². The van der Waals surface area contributed by atoms with Gasteiger partial charge in [0, 0.05) is 0 Å². The number of nitrogens with one attached hydrogen (secondary N) is 1. The highest BCUT2D eigenvalue weighted by Gasteiger charge is 2.31. The zero-order chi connectivity index (χ0) is 15.0. The molecule has 1 aromatic heterocycles. The molecule has 0 saturated heterocycles. The third kappa shape index (κ3) is 3.28. The van der Waals surface area contributed by atoms with Gasteiger partial charge in [-0.05, 0) is 29.6 Å². The number of halogens is 4. The zero-order valence-electron chi connectivity index (χ0n) is 9.61. The van der Waals surface area contributed by atoms with Gasteiger partial charge in [-0.15, -0.1) is 11.3 Å². The highest BCUT2D eigenvalue weighted by molar-refractivity contribution is 7.94. The summed E-state index contributed by atoms with van der Waals surface area (Å²) in [7, 11) is -4.01. The number of anilines is 1. The minimum atomic E-state index is -4.76. The van der Waals surface area contributed by atoms with Gasteiger partial charge in [0.1, 0.15) is 10.0 Å². The van der Waals surface area contributed by atoms with Crippen molar-refractivity contribution in [3.63, 3.8) is 0 Å². The molecule has 3 nitrogen and oxygen atoms in total. The van der Waals surface area contributed by atoms with Crippen LogP contribution < -0.4 is 4.72 Å². The lowest BCUT2D eigenvalue weighted by Crippen LogP contribution is -2.13. The van der Waals surface area contributed by atoms with E-state index in [1.165, 1.54) is 17.5 Å². The molecule has 0 saturated carbocycles. The van der Waals surface area contributed by atoms with Crippen LogP contribution in [0.5, 0.6) is 0 Å². The van der Waals surface area contributed by atoms with Crippen LogP contribution in [-0.4, -0.2) is 8.42 Å². The van der Waals surface area contributed by atoms with E-state index >= 15 is 0 Å². The molecule has 0 bridgehead atoms. The van der Waals surface area contributed by atoms with Crippen LogP contribution in [0.2, 0.25) is 0 Å². The molecule has 0 fully saturated rings. The first kappa shape index (κ1) is 14.8.